The molecule has 0 saturated heterocycles. The summed E-state index contributed by atoms with van der Waals surface area (Å²) >= 11 is 4.77. The summed E-state index contributed by atoms with van der Waals surface area (Å²) < 4.78 is 2.90. The van der Waals surface area contributed by atoms with E-state index in [0.717, 1.165) is 21.3 Å². The number of hydrogen-bond donors (Lipinski definition) is 1. The summed E-state index contributed by atoms with van der Waals surface area (Å²) in [6, 6.07) is 19.7. The Morgan fingerprint density at radius 2 is 1.76 bits per heavy atom. The van der Waals surface area contributed by atoms with Crippen LogP contribution in [0.1, 0.15) is 30.9 Å². The van der Waals surface area contributed by atoms with Crippen LogP contribution < -0.4 is 5.43 Å². The molecule has 0 radical (unpaired) electrons. The molecule has 1 N–H and O–H groups in total. The molecule has 0 aliphatic carbocycles. The Labute approximate surface area is 210 Å². The van der Waals surface area contributed by atoms with Crippen LogP contribution in [0.5, 0.6) is 0 Å². The van der Waals surface area contributed by atoms with Crippen molar-refractivity contribution < 1.29 is 4.79 Å². The first-order valence-corrected chi connectivity index (χ1v) is 12.5. The Hall–Kier alpha value is -3.30. The van der Waals surface area contributed by atoms with E-state index in [1.807, 2.05) is 53.1 Å². The molecule has 4 rings (SSSR count). The molecular formula is C25H23BrN6OS. The fraction of sp³-hybridized carbons (Fsp3) is 0.160. The quantitative estimate of drug-likeness (QED) is 0.184. The van der Waals surface area contributed by atoms with Crippen molar-refractivity contribution >= 4 is 39.8 Å². The molecule has 0 aliphatic heterocycles. The van der Waals surface area contributed by atoms with E-state index in [2.05, 4.69) is 67.6 Å². The average Bonchev–Trinajstić information content (AvgIpc) is 3.28. The SMILES string of the molecule is CC(C)c1ccc(/C=N/NC(=O)CSc2nnc(-c3ccncc3)n2-c2ccc(Br)cc2)cc1. The summed E-state index contributed by atoms with van der Waals surface area (Å²) in [6.07, 6.45) is 5.06. The molecule has 0 atom stereocenters. The van der Waals surface area contributed by atoms with Crippen molar-refractivity contribution in [2.45, 2.75) is 24.9 Å². The van der Waals surface area contributed by atoms with Crippen LogP contribution in [0.4, 0.5) is 0 Å². The summed E-state index contributed by atoms with van der Waals surface area (Å²) in [7, 11) is 0. The molecule has 0 unspecified atom stereocenters. The lowest BCUT2D eigenvalue weighted by molar-refractivity contribution is -0.118. The zero-order valence-corrected chi connectivity index (χ0v) is 21.1. The third kappa shape index (κ3) is 5.98. The number of benzene rings is 2. The molecule has 2 aromatic carbocycles. The molecule has 2 aromatic heterocycles. The van der Waals surface area contributed by atoms with Gasteiger partial charge in [0.25, 0.3) is 5.91 Å². The number of nitrogens with one attached hydrogen (secondary N) is 1. The maximum Gasteiger partial charge on any atom is 0.250 e. The maximum absolute atomic E-state index is 12.4. The van der Waals surface area contributed by atoms with Crippen molar-refractivity contribution in [3.05, 3.63) is 88.7 Å². The van der Waals surface area contributed by atoms with Crippen LogP contribution >= 0.6 is 27.7 Å². The number of hydrogen-bond acceptors (Lipinski definition) is 6. The van der Waals surface area contributed by atoms with Gasteiger partial charge in [-0.1, -0.05) is 65.8 Å². The standard InChI is InChI=1S/C25H23BrN6OS/c1-17(2)19-5-3-18(4-6-19)15-28-29-23(33)16-34-25-31-30-24(20-11-13-27-14-12-20)32(25)22-9-7-21(26)8-10-22/h3-15,17H,16H2,1-2H3,(H,29,33)/b28-15+. The topological polar surface area (TPSA) is 85.1 Å². The molecule has 34 heavy (non-hydrogen) atoms. The first kappa shape index (κ1) is 23.8. The van der Waals surface area contributed by atoms with Gasteiger partial charge in [0.15, 0.2) is 11.0 Å². The van der Waals surface area contributed by atoms with E-state index in [9.17, 15) is 4.79 Å². The highest BCUT2D eigenvalue weighted by molar-refractivity contribution is 9.10. The summed E-state index contributed by atoms with van der Waals surface area (Å²) in [5.74, 6) is 1.07. The maximum atomic E-state index is 12.4. The number of carbonyl (C=O) groups is 1. The van der Waals surface area contributed by atoms with Gasteiger partial charge in [0.2, 0.25) is 0 Å². The highest BCUT2D eigenvalue weighted by atomic mass is 79.9. The van der Waals surface area contributed by atoms with Crippen molar-refractivity contribution in [3.8, 4) is 17.1 Å². The van der Waals surface area contributed by atoms with Gasteiger partial charge in [-0.05, 0) is 53.4 Å². The summed E-state index contributed by atoms with van der Waals surface area (Å²) in [6.45, 7) is 4.30. The minimum atomic E-state index is -0.226. The first-order valence-electron chi connectivity index (χ1n) is 10.7. The molecule has 0 bridgehead atoms. The predicted octanol–water partition coefficient (Wildman–Crippen LogP) is 5.46. The Kier molecular flexibility index (Phi) is 7.87. The molecule has 0 spiro atoms. The third-order valence-electron chi connectivity index (χ3n) is 5.00. The van der Waals surface area contributed by atoms with E-state index in [4.69, 9.17) is 0 Å². The van der Waals surface area contributed by atoms with Crippen molar-refractivity contribution in [2.75, 3.05) is 5.75 Å². The largest absolute Gasteiger partial charge is 0.272 e. The van der Waals surface area contributed by atoms with Crippen LogP contribution in [0, 0.1) is 0 Å². The highest BCUT2D eigenvalue weighted by Gasteiger charge is 2.17. The van der Waals surface area contributed by atoms with Crippen LogP contribution in [-0.4, -0.2) is 37.6 Å². The van der Waals surface area contributed by atoms with Gasteiger partial charge < -0.3 is 0 Å². The molecule has 2 heterocycles. The van der Waals surface area contributed by atoms with E-state index in [0.29, 0.717) is 16.9 Å². The Morgan fingerprint density at radius 3 is 2.44 bits per heavy atom. The van der Waals surface area contributed by atoms with Gasteiger partial charge >= 0.3 is 0 Å². The Balaban J connectivity index is 1.45. The monoisotopic (exact) mass is 534 g/mol. The summed E-state index contributed by atoms with van der Waals surface area (Å²) in [4.78, 5) is 16.5. The Morgan fingerprint density at radius 1 is 1.06 bits per heavy atom. The van der Waals surface area contributed by atoms with E-state index < -0.39 is 0 Å². The fourth-order valence-electron chi connectivity index (χ4n) is 3.18. The minimum absolute atomic E-state index is 0.147. The Bertz CT molecular complexity index is 1270. The number of aromatic nitrogens is 4. The van der Waals surface area contributed by atoms with Gasteiger partial charge in [-0.2, -0.15) is 5.10 Å². The molecule has 1 amide bonds. The minimum Gasteiger partial charge on any atom is -0.272 e. The van der Waals surface area contributed by atoms with Crippen LogP contribution in [-0.2, 0) is 4.79 Å². The second kappa shape index (κ2) is 11.2. The normalized spacial score (nSPS) is 11.3. The molecule has 7 nitrogen and oxygen atoms in total. The second-order valence-corrected chi connectivity index (χ2v) is 9.62. The van der Waals surface area contributed by atoms with Gasteiger partial charge in [0, 0.05) is 28.1 Å². The number of nitrogens with zero attached hydrogens (tertiary/aromatic N) is 5. The van der Waals surface area contributed by atoms with Gasteiger partial charge in [0.05, 0.1) is 12.0 Å². The van der Waals surface area contributed by atoms with Crippen molar-refractivity contribution in [3.63, 3.8) is 0 Å². The number of amides is 1. The molecule has 0 saturated carbocycles. The zero-order valence-electron chi connectivity index (χ0n) is 18.7. The summed E-state index contributed by atoms with van der Waals surface area (Å²) in [5, 5.41) is 13.4. The molecule has 9 heteroatoms. The van der Waals surface area contributed by atoms with Crippen molar-refractivity contribution in [1.82, 2.24) is 25.2 Å². The number of hydrazone groups is 1. The molecule has 0 fully saturated rings. The average molecular weight is 535 g/mol. The number of carbonyl (C=O) groups excluding carboxylic acids is 1. The fourth-order valence-corrected chi connectivity index (χ4v) is 4.19. The van der Waals surface area contributed by atoms with Crippen LogP contribution in [0.2, 0.25) is 0 Å². The van der Waals surface area contributed by atoms with Gasteiger partial charge in [0.1, 0.15) is 0 Å². The van der Waals surface area contributed by atoms with Crippen LogP contribution in [0.25, 0.3) is 17.1 Å². The third-order valence-corrected chi connectivity index (χ3v) is 6.45. The van der Waals surface area contributed by atoms with E-state index in [1.165, 1.54) is 17.3 Å². The van der Waals surface area contributed by atoms with Gasteiger partial charge in [-0.25, -0.2) is 5.43 Å². The molecular weight excluding hydrogens is 512 g/mol. The number of pyridine rings is 1. The van der Waals surface area contributed by atoms with Gasteiger partial charge in [-0.15, -0.1) is 10.2 Å². The number of thioether (sulfide) groups is 1. The van der Waals surface area contributed by atoms with Gasteiger partial charge in [-0.3, -0.25) is 14.3 Å². The summed E-state index contributed by atoms with van der Waals surface area (Å²) in [5.41, 5.74) is 6.55. The smallest absolute Gasteiger partial charge is 0.250 e. The van der Waals surface area contributed by atoms with Crippen LogP contribution in [0.3, 0.4) is 0 Å². The molecule has 4 aromatic rings. The second-order valence-electron chi connectivity index (χ2n) is 7.76. The lowest BCUT2D eigenvalue weighted by atomic mass is 10.0. The number of rotatable bonds is 8. The highest BCUT2D eigenvalue weighted by Crippen LogP contribution is 2.28. The lowest BCUT2D eigenvalue weighted by Gasteiger charge is -2.10. The predicted molar refractivity (Wildman–Crippen MR) is 139 cm³/mol. The van der Waals surface area contributed by atoms with E-state index in [1.54, 1.807) is 18.6 Å². The molecule has 0 aliphatic rings. The van der Waals surface area contributed by atoms with E-state index >= 15 is 0 Å². The van der Waals surface area contributed by atoms with Crippen molar-refractivity contribution in [2.24, 2.45) is 5.10 Å². The zero-order chi connectivity index (χ0) is 23.9. The van der Waals surface area contributed by atoms with E-state index in [-0.39, 0.29) is 11.7 Å². The first-order chi connectivity index (χ1) is 16.5. The number of halogens is 1. The molecule has 172 valence electrons. The lowest BCUT2D eigenvalue weighted by Crippen LogP contribution is -2.20. The van der Waals surface area contributed by atoms with Crippen molar-refractivity contribution in [1.29, 1.82) is 0 Å². The van der Waals surface area contributed by atoms with Crippen LogP contribution in [0.15, 0.2) is 87.8 Å².